The molecule has 1 aromatic rings. The van der Waals surface area contributed by atoms with Gasteiger partial charge >= 0.3 is 5.97 Å². The van der Waals surface area contributed by atoms with E-state index in [1.54, 1.807) is 39.0 Å². The first-order valence-electron chi connectivity index (χ1n) is 6.14. The van der Waals surface area contributed by atoms with Crippen LogP contribution in [0.4, 0.5) is 5.69 Å². The molecular weight excluding hydrogens is 346 g/mol. The Hall–Kier alpha value is -1.07. The number of halogens is 2. The van der Waals surface area contributed by atoms with Gasteiger partial charge in [-0.2, -0.15) is 0 Å². The molecule has 0 spiro atoms. The fourth-order valence-corrected chi connectivity index (χ4v) is 1.93. The van der Waals surface area contributed by atoms with E-state index in [9.17, 15) is 9.59 Å². The molecule has 110 valence electrons. The van der Waals surface area contributed by atoms with Crippen LogP contribution >= 0.6 is 27.5 Å². The monoisotopic (exact) mass is 361 g/mol. The number of esters is 1. The Labute approximate surface area is 132 Å². The molecule has 0 saturated heterocycles. The van der Waals surface area contributed by atoms with E-state index in [0.717, 1.165) is 4.47 Å². The molecule has 1 N–H and O–H groups in total. The molecule has 0 aliphatic heterocycles. The van der Waals surface area contributed by atoms with Crippen LogP contribution in [0, 0.1) is 0 Å². The maximum Gasteiger partial charge on any atom is 0.306 e. The fraction of sp³-hybridized carbons (Fsp3) is 0.429. The number of hydrogen-bond donors (Lipinski definition) is 1. The first kappa shape index (κ1) is 17.0. The summed E-state index contributed by atoms with van der Waals surface area (Å²) in [5, 5.41) is 3.21. The lowest BCUT2D eigenvalue weighted by molar-refractivity contribution is -0.155. The average Bonchev–Trinajstić information content (AvgIpc) is 2.29. The van der Waals surface area contributed by atoms with Gasteiger partial charge in [-0.15, -0.1) is 0 Å². The van der Waals surface area contributed by atoms with Gasteiger partial charge in [-0.25, -0.2) is 0 Å². The molecular formula is C14H17BrClNO3. The minimum absolute atomic E-state index is 0.0429. The number of rotatable bonds is 4. The Balaban J connectivity index is 2.48. The number of carbonyl (C=O) groups excluding carboxylic acids is 2. The van der Waals surface area contributed by atoms with Gasteiger partial charge in [0, 0.05) is 15.9 Å². The Bertz CT molecular complexity index is 512. The van der Waals surface area contributed by atoms with Crippen molar-refractivity contribution in [3.05, 3.63) is 27.7 Å². The van der Waals surface area contributed by atoms with E-state index in [1.807, 2.05) is 0 Å². The maximum atomic E-state index is 11.8. The normalized spacial score (nSPS) is 11.1. The molecule has 1 aromatic carbocycles. The van der Waals surface area contributed by atoms with Gasteiger partial charge < -0.3 is 10.1 Å². The zero-order valence-corrected chi connectivity index (χ0v) is 14.0. The number of nitrogens with one attached hydrogen (secondary N) is 1. The third-order valence-corrected chi connectivity index (χ3v) is 3.11. The van der Waals surface area contributed by atoms with Crippen molar-refractivity contribution in [2.75, 3.05) is 5.32 Å². The Kier molecular flexibility index (Phi) is 6.02. The van der Waals surface area contributed by atoms with Gasteiger partial charge in [0.05, 0.1) is 12.1 Å². The molecule has 0 unspecified atom stereocenters. The molecule has 0 atom stereocenters. The van der Waals surface area contributed by atoms with Crippen molar-refractivity contribution >= 4 is 45.1 Å². The SMILES string of the molecule is CC(C)(C)OC(=O)CCC(=O)Nc1cc(Cl)ccc1Br. The van der Waals surface area contributed by atoms with Crippen molar-refractivity contribution in [3.8, 4) is 0 Å². The molecule has 1 rings (SSSR count). The first-order chi connectivity index (χ1) is 9.17. The van der Waals surface area contributed by atoms with Crippen molar-refractivity contribution < 1.29 is 14.3 Å². The van der Waals surface area contributed by atoms with Crippen LogP contribution in [0.25, 0.3) is 0 Å². The summed E-state index contributed by atoms with van der Waals surface area (Å²) in [6.07, 6.45) is 0.106. The average molecular weight is 363 g/mol. The van der Waals surface area contributed by atoms with Gasteiger partial charge in [0.2, 0.25) is 5.91 Å². The first-order valence-corrected chi connectivity index (χ1v) is 7.31. The molecule has 0 bridgehead atoms. The topological polar surface area (TPSA) is 55.4 Å². The van der Waals surface area contributed by atoms with E-state index in [4.69, 9.17) is 16.3 Å². The molecule has 0 heterocycles. The van der Waals surface area contributed by atoms with E-state index < -0.39 is 11.6 Å². The highest BCUT2D eigenvalue weighted by molar-refractivity contribution is 9.10. The van der Waals surface area contributed by atoms with Crippen molar-refractivity contribution in [1.82, 2.24) is 0 Å². The molecule has 6 heteroatoms. The fourth-order valence-electron chi connectivity index (χ4n) is 1.41. The van der Waals surface area contributed by atoms with E-state index in [1.165, 1.54) is 0 Å². The number of hydrogen-bond acceptors (Lipinski definition) is 3. The van der Waals surface area contributed by atoms with Crippen LogP contribution in [0.2, 0.25) is 5.02 Å². The smallest absolute Gasteiger partial charge is 0.306 e. The van der Waals surface area contributed by atoms with Gasteiger partial charge in [0.25, 0.3) is 0 Å². The predicted octanol–water partition coefficient (Wildman–Crippen LogP) is 4.16. The van der Waals surface area contributed by atoms with Crippen LogP contribution in [-0.4, -0.2) is 17.5 Å². The Morgan fingerprint density at radius 2 is 1.95 bits per heavy atom. The van der Waals surface area contributed by atoms with Crippen LogP contribution in [-0.2, 0) is 14.3 Å². The molecule has 0 fully saturated rings. The van der Waals surface area contributed by atoms with Gasteiger partial charge in [-0.3, -0.25) is 9.59 Å². The highest BCUT2D eigenvalue weighted by Gasteiger charge is 2.17. The molecule has 0 aliphatic rings. The van der Waals surface area contributed by atoms with E-state index in [2.05, 4.69) is 21.2 Å². The minimum atomic E-state index is -0.538. The number of ether oxygens (including phenoxy) is 1. The molecule has 0 aromatic heterocycles. The zero-order chi connectivity index (χ0) is 15.3. The van der Waals surface area contributed by atoms with Crippen LogP contribution in [0.5, 0.6) is 0 Å². The molecule has 1 amide bonds. The van der Waals surface area contributed by atoms with Crippen molar-refractivity contribution in [2.45, 2.75) is 39.2 Å². The van der Waals surface area contributed by atoms with E-state index in [-0.39, 0.29) is 18.7 Å². The third-order valence-electron chi connectivity index (χ3n) is 2.18. The Morgan fingerprint density at radius 3 is 2.55 bits per heavy atom. The molecule has 20 heavy (non-hydrogen) atoms. The van der Waals surface area contributed by atoms with Gasteiger partial charge in [0.15, 0.2) is 0 Å². The highest BCUT2D eigenvalue weighted by atomic mass is 79.9. The third kappa shape index (κ3) is 6.39. The summed E-state index contributed by atoms with van der Waals surface area (Å²) in [6, 6.07) is 5.09. The molecule has 0 aliphatic carbocycles. The lowest BCUT2D eigenvalue weighted by atomic mass is 10.2. The second-order valence-corrected chi connectivity index (χ2v) is 6.55. The standard InChI is InChI=1S/C14H17BrClNO3/c1-14(2,3)20-13(19)7-6-12(18)17-11-8-9(16)4-5-10(11)15/h4-5,8H,6-7H2,1-3H3,(H,17,18). The van der Waals surface area contributed by atoms with Crippen molar-refractivity contribution in [3.63, 3.8) is 0 Å². The van der Waals surface area contributed by atoms with Crippen molar-refractivity contribution in [1.29, 1.82) is 0 Å². The van der Waals surface area contributed by atoms with Crippen LogP contribution < -0.4 is 5.32 Å². The van der Waals surface area contributed by atoms with Crippen LogP contribution in [0.15, 0.2) is 22.7 Å². The number of amides is 1. The highest BCUT2D eigenvalue weighted by Crippen LogP contribution is 2.26. The van der Waals surface area contributed by atoms with E-state index in [0.29, 0.717) is 10.7 Å². The van der Waals surface area contributed by atoms with Gasteiger partial charge in [-0.05, 0) is 54.9 Å². The number of benzene rings is 1. The number of anilines is 1. The summed E-state index contributed by atoms with van der Waals surface area (Å²) in [5.74, 6) is -0.656. The maximum absolute atomic E-state index is 11.8. The van der Waals surface area contributed by atoms with E-state index >= 15 is 0 Å². The predicted molar refractivity (Wildman–Crippen MR) is 82.9 cm³/mol. The summed E-state index contributed by atoms with van der Waals surface area (Å²) in [7, 11) is 0. The summed E-state index contributed by atoms with van der Waals surface area (Å²) in [4.78, 5) is 23.3. The second-order valence-electron chi connectivity index (χ2n) is 5.26. The molecule has 0 saturated carbocycles. The Morgan fingerprint density at radius 1 is 1.30 bits per heavy atom. The minimum Gasteiger partial charge on any atom is -0.460 e. The van der Waals surface area contributed by atoms with Crippen LogP contribution in [0.1, 0.15) is 33.6 Å². The summed E-state index contributed by atoms with van der Waals surface area (Å²) >= 11 is 9.17. The summed E-state index contributed by atoms with van der Waals surface area (Å²) < 4.78 is 5.86. The molecule has 4 nitrogen and oxygen atoms in total. The second kappa shape index (κ2) is 7.09. The summed E-state index contributed by atoms with van der Waals surface area (Å²) in [5.41, 5.74) is 0.0375. The number of carbonyl (C=O) groups is 2. The lowest BCUT2D eigenvalue weighted by Crippen LogP contribution is -2.24. The summed E-state index contributed by atoms with van der Waals surface area (Å²) in [6.45, 7) is 5.36. The van der Waals surface area contributed by atoms with Crippen molar-refractivity contribution in [2.24, 2.45) is 0 Å². The quantitative estimate of drug-likeness (QED) is 0.818. The van der Waals surface area contributed by atoms with Crippen LogP contribution in [0.3, 0.4) is 0 Å². The van der Waals surface area contributed by atoms with Gasteiger partial charge in [-0.1, -0.05) is 11.6 Å². The van der Waals surface area contributed by atoms with Gasteiger partial charge in [0.1, 0.15) is 5.60 Å². The molecule has 0 radical (unpaired) electrons. The largest absolute Gasteiger partial charge is 0.460 e. The lowest BCUT2D eigenvalue weighted by Gasteiger charge is -2.19. The zero-order valence-electron chi connectivity index (χ0n) is 11.6.